The summed E-state index contributed by atoms with van der Waals surface area (Å²) < 4.78 is 10.2. The summed E-state index contributed by atoms with van der Waals surface area (Å²) in [5.74, 6) is -0.878. The van der Waals surface area contributed by atoms with Gasteiger partial charge in [0.1, 0.15) is 0 Å². The minimum absolute atomic E-state index is 0.154. The summed E-state index contributed by atoms with van der Waals surface area (Å²) in [7, 11) is 1.34. The van der Waals surface area contributed by atoms with E-state index in [0.29, 0.717) is 11.3 Å². The lowest BCUT2D eigenvalue weighted by molar-refractivity contribution is -0.146. The van der Waals surface area contributed by atoms with Crippen LogP contribution in [0.4, 0.5) is 0 Å². The molecular formula is C23H23NO4. The summed E-state index contributed by atoms with van der Waals surface area (Å²) in [6.45, 7) is 2.03. The summed E-state index contributed by atoms with van der Waals surface area (Å²) >= 11 is 0. The van der Waals surface area contributed by atoms with Gasteiger partial charge in [0, 0.05) is 29.5 Å². The maximum atomic E-state index is 12.7. The lowest BCUT2D eigenvalue weighted by atomic mass is 9.93. The van der Waals surface area contributed by atoms with Gasteiger partial charge >= 0.3 is 11.9 Å². The van der Waals surface area contributed by atoms with Gasteiger partial charge in [-0.2, -0.15) is 0 Å². The highest BCUT2D eigenvalue weighted by Crippen LogP contribution is 2.36. The molecule has 1 aliphatic rings. The van der Waals surface area contributed by atoms with Gasteiger partial charge in [0.2, 0.25) is 0 Å². The Bertz CT molecular complexity index is 861. The maximum Gasteiger partial charge on any atom is 0.334 e. The Morgan fingerprint density at radius 2 is 1.57 bits per heavy atom. The van der Waals surface area contributed by atoms with Crippen molar-refractivity contribution in [1.82, 2.24) is 0 Å². The number of hydrogen-bond donors (Lipinski definition) is 0. The van der Waals surface area contributed by atoms with Crippen LogP contribution in [-0.2, 0) is 19.1 Å². The Balaban J connectivity index is 2.07. The molecule has 5 heteroatoms. The second-order valence-electron chi connectivity index (χ2n) is 6.55. The molecule has 0 heterocycles. The molecule has 5 nitrogen and oxygen atoms in total. The van der Waals surface area contributed by atoms with Crippen molar-refractivity contribution >= 4 is 17.7 Å². The largest absolute Gasteiger partial charge is 0.467 e. The molecule has 0 radical (unpaired) electrons. The van der Waals surface area contributed by atoms with Crippen molar-refractivity contribution < 1.29 is 19.1 Å². The third-order valence-corrected chi connectivity index (χ3v) is 4.69. The molecule has 0 saturated carbocycles. The minimum atomic E-state index is -1.18. The average Bonchev–Trinajstić information content (AvgIpc) is 3.18. The van der Waals surface area contributed by atoms with Gasteiger partial charge in [-0.25, -0.2) is 9.59 Å². The first-order valence-corrected chi connectivity index (χ1v) is 9.25. The van der Waals surface area contributed by atoms with Crippen LogP contribution in [0.2, 0.25) is 0 Å². The molecular weight excluding hydrogens is 354 g/mol. The number of aliphatic imine (C=N–C) groups is 1. The van der Waals surface area contributed by atoms with Crippen molar-refractivity contribution in [3.63, 3.8) is 0 Å². The number of hydrogen-bond acceptors (Lipinski definition) is 5. The molecule has 1 atom stereocenters. The lowest BCUT2D eigenvalue weighted by Crippen LogP contribution is -2.37. The summed E-state index contributed by atoms with van der Waals surface area (Å²) in [5, 5.41) is 0. The SMILES string of the molecule is CCOC(=O)C1=CC[C@@](N=C(c2ccccc2)c2ccccc2)(C(=O)OC)C1. The van der Waals surface area contributed by atoms with Gasteiger partial charge in [0.15, 0.2) is 5.54 Å². The second kappa shape index (κ2) is 8.65. The number of carbonyl (C=O) groups is 2. The lowest BCUT2D eigenvalue weighted by Gasteiger charge is -2.24. The van der Waals surface area contributed by atoms with Gasteiger partial charge in [0.25, 0.3) is 0 Å². The number of ether oxygens (including phenoxy) is 2. The smallest absolute Gasteiger partial charge is 0.334 e. The van der Waals surface area contributed by atoms with Crippen LogP contribution in [0.5, 0.6) is 0 Å². The molecule has 1 aliphatic carbocycles. The summed E-state index contributed by atoms with van der Waals surface area (Å²) in [6, 6.07) is 19.4. The summed E-state index contributed by atoms with van der Waals surface area (Å²) in [5.41, 5.74) is 1.74. The van der Waals surface area contributed by atoms with Crippen LogP contribution in [0.15, 0.2) is 77.3 Å². The number of esters is 2. The van der Waals surface area contributed by atoms with Crippen LogP contribution < -0.4 is 0 Å². The third-order valence-electron chi connectivity index (χ3n) is 4.69. The van der Waals surface area contributed by atoms with E-state index in [1.54, 1.807) is 13.0 Å². The van der Waals surface area contributed by atoms with E-state index in [0.717, 1.165) is 11.1 Å². The van der Waals surface area contributed by atoms with Crippen LogP contribution in [-0.4, -0.2) is 36.9 Å². The fourth-order valence-corrected chi connectivity index (χ4v) is 3.31. The van der Waals surface area contributed by atoms with Crippen molar-refractivity contribution in [2.24, 2.45) is 4.99 Å². The fraction of sp³-hybridized carbons (Fsp3) is 0.261. The molecule has 0 aliphatic heterocycles. The Kier molecular flexibility index (Phi) is 6.04. The average molecular weight is 377 g/mol. The van der Waals surface area contributed by atoms with Gasteiger partial charge in [-0.3, -0.25) is 4.99 Å². The number of nitrogens with zero attached hydrogens (tertiary/aromatic N) is 1. The predicted octanol–water partition coefficient (Wildman–Crippen LogP) is 3.72. The van der Waals surface area contributed by atoms with E-state index >= 15 is 0 Å². The van der Waals surface area contributed by atoms with Crippen molar-refractivity contribution in [3.8, 4) is 0 Å². The van der Waals surface area contributed by atoms with Crippen molar-refractivity contribution in [2.75, 3.05) is 13.7 Å². The topological polar surface area (TPSA) is 65.0 Å². The van der Waals surface area contributed by atoms with Crippen LogP contribution in [0.25, 0.3) is 0 Å². The molecule has 0 spiro atoms. The molecule has 0 saturated heterocycles. The van der Waals surface area contributed by atoms with E-state index in [4.69, 9.17) is 14.5 Å². The molecule has 28 heavy (non-hydrogen) atoms. The number of carbonyl (C=O) groups excluding carboxylic acids is 2. The first kappa shape index (κ1) is 19.5. The summed E-state index contributed by atoms with van der Waals surface area (Å²) in [6.07, 6.45) is 2.17. The normalized spacial score (nSPS) is 18.1. The van der Waals surface area contributed by atoms with Gasteiger partial charge in [-0.05, 0) is 6.92 Å². The Hall–Kier alpha value is -3.21. The van der Waals surface area contributed by atoms with E-state index < -0.39 is 17.5 Å². The minimum Gasteiger partial charge on any atom is -0.467 e. The van der Waals surface area contributed by atoms with Gasteiger partial charge < -0.3 is 9.47 Å². The van der Waals surface area contributed by atoms with Crippen molar-refractivity contribution in [3.05, 3.63) is 83.4 Å². The molecule has 0 unspecified atom stereocenters. The van der Waals surface area contributed by atoms with E-state index in [1.807, 2.05) is 60.7 Å². The van der Waals surface area contributed by atoms with Crippen molar-refractivity contribution in [1.29, 1.82) is 0 Å². The summed E-state index contributed by atoms with van der Waals surface area (Å²) in [4.78, 5) is 29.8. The molecule has 0 bridgehead atoms. The molecule has 0 amide bonds. The molecule has 0 fully saturated rings. The van der Waals surface area contributed by atoms with Gasteiger partial charge in [0.05, 0.1) is 19.4 Å². The molecule has 0 N–H and O–H groups in total. The highest BCUT2D eigenvalue weighted by atomic mass is 16.5. The zero-order chi connectivity index (χ0) is 20.0. The van der Waals surface area contributed by atoms with Crippen LogP contribution in [0.3, 0.4) is 0 Å². The zero-order valence-corrected chi connectivity index (χ0v) is 16.1. The zero-order valence-electron chi connectivity index (χ0n) is 16.1. The molecule has 2 aromatic carbocycles. The van der Waals surface area contributed by atoms with Crippen LogP contribution in [0.1, 0.15) is 30.9 Å². The maximum absolute atomic E-state index is 12.7. The van der Waals surface area contributed by atoms with E-state index in [9.17, 15) is 9.59 Å². The third kappa shape index (κ3) is 4.03. The monoisotopic (exact) mass is 377 g/mol. The number of methoxy groups -OCH3 is 1. The molecule has 3 rings (SSSR count). The van der Waals surface area contributed by atoms with E-state index in [-0.39, 0.29) is 19.4 Å². The molecule has 2 aromatic rings. The predicted molar refractivity (Wildman–Crippen MR) is 107 cm³/mol. The van der Waals surface area contributed by atoms with Gasteiger partial charge in [-0.15, -0.1) is 0 Å². The second-order valence-corrected chi connectivity index (χ2v) is 6.55. The number of benzene rings is 2. The highest BCUT2D eigenvalue weighted by molar-refractivity contribution is 6.14. The molecule has 144 valence electrons. The quantitative estimate of drug-likeness (QED) is 0.568. The standard InChI is InChI=1S/C23H23NO4/c1-3-28-21(25)19-14-15-23(16-19,22(26)27-2)24-20(17-10-6-4-7-11-17)18-12-8-5-9-13-18/h4-14H,3,15-16H2,1-2H3/t23-/m0/s1. The first-order valence-electron chi connectivity index (χ1n) is 9.25. The van der Waals surface area contributed by atoms with Crippen LogP contribution in [0, 0.1) is 0 Å². The Morgan fingerprint density at radius 3 is 2.07 bits per heavy atom. The first-order chi connectivity index (χ1) is 13.6. The van der Waals surface area contributed by atoms with Gasteiger partial charge in [-0.1, -0.05) is 66.7 Å². The Morgan fingerprint density at radius 1 is 1.00 bits per heavy atom. The fourth-order valence-electron chi connectivity index (χ4n) is 3.31. The van der Waals surface area contributed by atoms with E-state index in [1.165, 1.54) is 7.11 Å². The Labute approximate surface area is 164 Å². The van der Waals surface area contributed by atoms with E-state index in [2.05, 4.69) is 0 Å². The molecule has 0 aromatic heterocycles. The van der Waals surface area contributed by atoms with Crippen molar-refractivity contribution in [2.45, 2.75) is 25.3 Å². The van der Waals surface area contributed by atoms with Crippen LogP contribution >= 0.6 is 0 Å². The number of rotatable bonds is 6. The highest BCUT2D eigenvalue weighted by Gasteiger charge is 2.45.